The summed E-state index contributed by atoms with van der Waals surface area (Å²) in [6.07, 6.45) is 66.9. The summed E-state index contributed by atoms with van der Waals surface area (Å²) in [4.78, 5) is 72.8. The number of unbranched alkanes of at least 4 members (excludes halogenated alkanes) is 53. The lowest BCUT2D eigenvalue weighted by molar-refractivity contribution is -0.161. The summed E-state index contributed by atoms with van der Waals surface area (Å²) in [5, 5.41) is 10.6. The molecule has 0 fully saturated rings. The number of carbonyl (C=O) groups is 4. The number of ether oxygens (including phenoxy) is 4. The van der Waals surface area contributed by atoms with Crippen LogP contribution in [0, 0.1) is 5.92 Å². The predicted octanol–water partition coefficient (Wildman–Crippen LogP) is 24.8. The fourth-order valence-electron chi connectivity index (χ4n) is 12.7. The highest BCUT2D eigenvalue weighted by molar-refractivity contribution is 7.47. The van der Waals surface area contributed by atoms with Crippen molar-refractivity contribution >= 4 is 39.5 Å². The van der Waals surface area contributed by atoms with Gasteiger partial charge in [0, 0.05) is 25.7 Å². The number of carbonyl (C=O) groups excluding carboxylic acids is 4. The molecule has 0 saturated heterocycles. The van der Waals surface area contributed by atoms with Gasteiger partial charge >= 0.3 is 39.5 Å². The van der Waals surface area contributed by atoms with Crippen LogP contribution >= 0.6 is 15.6 Å². The van der Waals surface area contributed by atoms with Gasteiger partial charge in [-0.2, -0.15) is 0 Å². The molecule has 0 radical (unpaired) electrons. The number of aliphatic hydroxyl groups is 1. The van der Waals surface area contributed by atoms with Gasteiger partial charge in [0.1, 0.15) is 19.3 Å². The Balaban J connectivity index is 5.15. The van der Waals surface area contributed by atoms with Gasteiger partial charge in [-0.25, -0.2) is 9.13 Å². The van der Waals surface area contributed by atoms with Crippen LogP contribution in [0.4, 0.5) is 0 Å². The molecule has 101 heavy (non-hydrogen) atoms. The number of phosphoric acid groups is 2. The second-order valence-electron chi connectivity index (χ2n) is 29.8. The van der Waals surface area contributed by atoms with Crippen LogP contribution in [0.2, 0.25) is 0 Å². The van der Waals surface area contributed by atoms with Gasteiger partial charge in [0.2, 0.25) is 0 Å². The van der Waals surface area contributed by atoms with Crippen molar-refractivity contribution in [2.75, 3.05) is 39.6 Å². The highest BCUT2D eigenvalue weighted by atomic mass is 31.2. The molecule has 0 spiro atoms. The van der Waals surface area contributed by atoms with Gasteiger partial charge < -0.3 is 33.8 Å². The van der Waals surface area contributed by atoms with Crippen molar-refractivity contribution in [3.8, 4) is 0 Å². The van der Waals surface area contributed by atoms with Crippen LogP contribution in [-0.2, 0) is 65.4 Å². The third-order valence-electron chi connectivity index (χ3n) is 19.6. The highest BCUT2D eigenvalue weighted by Gasteiger charge is 2.30. The van der Waals surface area contributed by atoms with E-state index in [1.54, 1.807) is 0 Å². The molecule has 3 unspecified atom stereocenters. The first kappa shape index (κ1) is 99.1. The Hall–Kier alpha value is -1.94. The Bertz CT molecular complexity index is 1930. The lowest BCUT2D eigenvalue weighted by Crippen LogP contribution is -2.30. The molecule has 0 aliphatic rings. The molecule has 0 rings (SSSR count). The lowest BCUT2D eigenvalue weighted by Gasteiger charge is -2.21. The van der Waals surface area contributed by atoms with E-state index in [-0.39, 0.29) is 25.7 Å². The van der Waals surface area contributed by atoms with E-state index in [4.69, 9.17) is 37.0 Å². The second-order valence-corrected chi connectivity index (χ2v) is 32.7. The summed E-state index contributed by atoms with van der Waals surface area (Å²) < 4.78 is 68.6. The Morgan fingerprint density at radius 2 is 0.475 bits per heavy atom. The summed E-state index contributed by atoms with van der Waals surface area (Å²) in [5.74, 6) is -1.24. The van der Waals surface area contributed by atoms with Crippen LogP contribution in [0.15, 0.2) is 0 Å². The number of hydrogen-bond donors (Lipinski definition) is 3. The monoisotopic (exact) mass is 1480 g/mol. The maximum Gasteiger partial charge on any atom is 0.472 e. The third kappa shape index (κ3) is 74.7. The Morgan fingerprint density at radius 1 is 0.277 bits per heavy atom. The minimum Gasteiger partial charge on any atom is -0.462 e. The third-order valence-corrected chi connectivity index (χ3v) is 21.5. The number of rotatable bonds is 82. The summed E-state index contributed by atoms with van der Waals surface area (Å²) >= 11 is 0. The fourth-order valence-corrected chi connectivity index (χ4v) is 14.3. The number of esters is 4. The first-order valence-electron chi connectivity index (χ1n) is 42.7. The van der Waals surface area contributed by atoms with Crippen LogP contribution in [0.25, 0.3) is 0 Å². The average molecular weight is 1480 g/mol. The number of hydrogen-bond acceptors (Lipinski definition) is 15. The largest absolute Gasteiger partial charge is 0.472 e. The van der Waals surface area contributed by atoms with Gasteiger partial charge in [-0.1, -0.05) is 388 Å². The Kier molecular flexibility index (Phi) is 73.5. The van der Waals surface area contributed by atoms with Crippen molar-refractivity contribution in [3.05, 3.63) is 0 Å². The standard InChI is InChI=1S/C82H160O17P2/c1-6-10-13-16-19-21-23-25-26-27-28-29-33-36-39-43-46-51-56-61-66-80(85)93-72-78(99-82(87)68-63-58-53-48-44-40-37-34-31-30-32-35-38-41-45-50-54-59-64-75(5)9-4)74-97-101(90,91)95-70-76(83)69-94-100(88,89)96-73-77(71-92-79(84)65-60-55-49-18-15-12-8-3)98-81(86)67-62-57-52-47-42-24-22-20-17-14-11-7-2/h75-78,83H,6-74H2,1-5H3,(H,88,89)(H,90,91)/t75?,76-,77+,78+/m0/s1. The summed E-state index contributed by atoms with van der Waals surface area (Å²) in [5.41, 5.74) is 0. The van der Waals surface area contributed by atoms with Gasteiger partial charge in [0.05, 0.1) is 26.4 Å². The molecule has 0 heterocycles. The summed E-state index contributed by atoms with van der Waals surface area (Å²) in [7, 11) is -9.91. The minimum atomic E-state index is -4.96. The topological polar surface area (TPSA) is 237 Å². The van der Waals surface area contributed by atoms with Crippen molar-refractivity contribution in [3.63, 3.8) is 0 Å². The van der Waals surface area contributed by atoms with Gasteiger partial charge in [-0.05, 0) is 31.6 Å². The SMILES string of the molecule is CCCCCCCCCCCCCCCCCCCCCCC(=O)OC[C@H](COP(=O)(O)OC[C@@H](O)COP(=O)(O)OC[C@@H](COC(=O)CCCCCCCCC)OC(=O)CCCCCCCCCCCCCC)OC(=O)CCCCCCCCCCCCCCCCCCCCC(C)CC. The van der Waals surface area contributed by atoms with Crippen LogP contribution in [0.5, 0.6) is 0 Å². The molecule has 6 atom stereocenters. The quantitative estimate of drug-likeness (QED) is 0.0222. The van der Waals surface area contributed by atoms with Crippen molar-refractivity contribution in [2.45, 2.75) is 457 Å². The molecular formula is C82H160O17P2. The molecule has 0 aliphatic heterocycles. The Labute approximate surface area is 619 Å². The molecule has 0 aromatic rings. The van der Waals surface area contributed by atoms with E-state index in [2.05, 4.69) is 34.6 Å². The number of aliphatic hydroxyl groups excluding tert-OH is 1. The summed E-state index contributed by atoms with van der Waals surface area (Å²) in [6.45, 7) is 7.35. The number of phosphoric ester groups is 2. The van der Waals surface area contributed by atoms with Gasteiger partial charge in [0.25, 0.3) is 0 Å². The van der Waals surface area contributed by atoms with E-state index in [0.29, 0.717) is 25.7 Å². The lowest BCUT2D eigenvalue weighted by atomic mass is 9.99. The van der Waals surface area contributed by atoms with Crippen LogP contribution in [0.3, 0.4) is 0 Å². The van der Waals surface area contributed by atoms with Crippen molar-refractivity contribution in [1.82, 2.24) is 0 Å². The molecule has 17 nitrogen and oxygen atoms in total. The molecule has 600 valence electrons. The first-order chi connectivity index (χ1) is 49.1. The summed E-state index contributed by atoms with van der Waals surface area (Å²) in [6, 6.07) is 0. The molecule has 0 bridgehead atoms. The average Bonchev–Trinajstić information content (AvgIpc) is 1.19. The van der Waals surface area contributed by atoms with E-state index in [1.165, 1.54) is 250 Å². The molecular weight excluding hydrogens is 1320 g/mol. The predicted molar refractivity (Wildman–Crippen MR) is 414 cm³/mol. The smallest absolute Gasteiger partial charge is 0.462 e. The van der Waals surface area contributed by atoms with Crippen LogP contribution < -0.4 is 0 Å². The van der Waals surface area contributed by atoms with Crippen molar-refractivity contribution in [2.24, 2.45) is 5.92 Å². The normalized spacial score (nSPS) is 14.1. The van der Waals surface area contributed by atoms with Crippen molar-refractivity contribution in [1.29, 1.82) is 0 Å². The molecule has 0 aliphatic carbocycles. The molecule has 3 N–H and O–H groups in total. The fraction of sp³-hybridized carbons (Fsp3) is 0.951. The molecule has 0 aromatic carbocycles. The minimum absolute atomic E-state index is 0.107. The van der Waals surface area contributed by atoms with Crippen LogP contribution in [-0.4, -0.2) is 96.7 Å². The molecule has 0 aromatic heterocycles. The van der Waals surface area contributed by atoms with E-state index < -0.39 is 97.5 Å². The van der Waals surface area contributed by atoms with E-state index in [0.717, 1.165) is 109 Å². The van der Waals surface area contributed by atoms with Gasteiger partial charge in [-0.15, -0.1) is 0 Å². The molecule has 0 amide bonds. The second kappa shape index (κ2) is 74.9. The maximum absolute atomic E-state index is 13.1. The highest BCUT2D eigenvalue weighted by Crippen LogP contribution is 2.45. The molecule has 19 heteroatoms. The van der Waals surface area contributed by atoms with E-state index in [1.807, 2.05) is 0 Å². The van der Waals surface area contributed by atoms with Crippen molar-refractivity contribution < 1.29 is 80.2 Å². The zero-order valence-corrected chi connectivity index (χ0v) is 67.8. The zero-order chi connectivity index (χ0) is 74.1. The van der Waals surface area contributed by atoms with Gasteiger partial charge in [0.15, 0.2) is 12.2 Å². The van der Waals surface area contributed by atoms with Crippen LogP contribution in [0.1, 0.15) is 439 Å². The molecule has 0 saturated carbocycles. The van der Waals surface area contributed by atoms with E-state index in [9.17, 15) is 43.2 Å². The first-order valence-corrected chi connectivity index (χ1v) is 45.7. The van der Waals surface area contributed by atoms with Gasteiger partial charge in [-0.3, -0.25) is 37.3 Å². The maximum atomic E-state index is 13.1. The zero-order valence-electron chi connectivity index (χ0n) is 66.1. The Morgan fingerprint density at radius 3 is 0.703 bits per heavy atom. The van der Waals surface area contributed by atoms with E-state index >= 15 is 0 Å².